The number of aromatic nitrogens is 2. The third-order valence-corrected chi connectivity index (χ3v) is 5.26. The molecule has 1 N–H and O–H groups in total. The Hall–Kier alpha value is -3.64. The number of hydrogen-bond acceptors (Lipinski definition) is 5. The third-order valence-electron chi connectivity index (χ3n) is 4.89. The second-order valence-electron chi connectivity index (χ2n) is 6.97. The van der Waals surface area contributed by atoms with Gasteiger partial charge in [0.2, 0.25) is 11.8 Å². The molecule has 2 aromatic heterocycles. The summed E-state index contributed by atoms with van der Waals surface area (Å²) in [6, 6.07) is 16.7. The number of benzene rings is 2. The number of anilines is 1. The number of carbonyl (C=O) groups is 1. The fraction of sp³-hybridized carbons (Fsp3) is 0.125. The van der Waals surface area contributed by atoms with Crippen molar-refractivity contribution in [1.82, 2.24) is 10.1 Å². The molecule has 6 nitrogen and oxygen atoms in total. The number of aryl methyl sites for hydroxylation is 1. The number of carbonyl (C=O) groups excluding carboxylic acids is 1. The predicted molar refractivity (Wildman–Crippen MR) is 120 cm³/mol. The van der Waals surface area contributed by atoms with Crippen molar-refractivity contribution in [3.8, 4) is 28.1 Å². The molecule has 0 aliphatic rings. The molecule has 0 atom stereocenters. The number of amides is 1. The van der Waals surface area contributed by atoms with Gasteiger partial charge in [0.25, 0.3) is 0 Å². The lowest BCUT2D eigenvalue weighted by Gasteiger charge is -2.09. The van der Waals surface area contributed by atoms with Crippen molar-refractivity contribution >= 4 is 23.4 Å². The molecule has 0 aliphatic carbocycles. The van der Waals surface area contributed by atoms with E-state index in [1.54, 1.807) is 25.6 Å². The Morgan fingerprint density at radius 1 is 1.10 bits per heavy atom. The van der Waals surface area contributed by atoms with E-state index in [9.17, 15) is 4.79 Å². The number of nitrogens with zero attached hydrogens (tertiary/aromatic N) is 2. The first-order chi connectivity index (χ1) is 15.1. The molecule has 0 unspecified atom stereocenters. The molecule has 0 bridgehead atoms. The van der Waals surface area contributed by atoms with Crippen LogP contribution in [0.3, 0.4) is 0 Å². The molecule has 1 amide bonds. The minimum atomic E-state index is -0.253. The quantitative estimate of drug-likeness (QED) is 0.431. The number of nitrogens with one attached hydrogen (secondary N) is 1. The molecule has 0 aliphatic heterocycles. The third kappa shape index (κ3) is 4.44. The van der Waals surface area contributed by atoms with Crippen LogP contribution in [0.1, 0.15) is 11.1 Å². The summed E-state index contributed by atoms with van der Waals surface area (Å²) in [7, 11) is 1.63. The van der Waals surface area contributed by atoms with Crippen molar-refractivity contribution in [1.29, 1.82) is 0 Å². The molecule has 4 aromatic rings. The molecule has 0 saturated heterocycles. The zero-order valence-electron chi connectivity index (χ0n) is 17.1. The first kappa shape index (κ1) is 20.6. The van der Waals surface area contributed by atoms with Crippen molar-refractivity contribution in [2.45, 2.75) is 13.3 Å². The van der Waals surface area contributed by atoms with E-state index in [0.717, 1.165) is 28.0 Å². The largest absolute Gasteiger partial charge is 0.496 e. The summed E-state index contributed by atoms with van der Waals surface area (Å²) in [5.74, 6) is 0.801. The highest BCUT2D eigenvalue weighted by atomic mass is 35.5. The summed E-state index contributed by atoms with van der Waals surface area (Å²) in [5.41, 5.74) is 4.67. The minimum Gasteiger partial charge on any atom is -0.496 e. The lowest BCUT2D eigenvalue weighted by atomic mass is 10.00. The highest BCUT2D eigenvalue weighted by Gasteiger charge is 2.22. The van der Waals surface area contributed by atoms with Gasteiger partial charge in [0, 0.05) is 23.0 Å². The molecule has 31 heavy (non-hydrogen) atoms. The van der Waals surface area contributed by atoms with Gasteiger partial charge in [0.05, 0.1) is 19.1 Å². The Kier molecular flexibility index (Phi) is 6.00. The van der Waals surface area contributed by atoms with Gasteiger partial charge in [-0.1, -0.05) is 35.0 Å². The van der Waals surface area contributed by atoms with Gasteiger partial charge in [-0.05, 0) is 60.0 Å². The lowest BCUT2D eigenvalue weighted by Crippen LogP contribution is -2.14. The van der Waals surface area contributed by atoms with Crippen molar-refractivity contribution in [2.24, 2.45) is 0 Å². The van der Waals surface area contributed by atoms with Crippen LogP contribution in [0.4, 0.5) is 5.88 Å². The smallest absolute Gasteiger partial charge is 0.239 e. The molecule has 2 aromatic carbocycles. The van der Waals surface area contributed by atoms with Crippen molar-refractivity contribution in [2.75, 3.05) is 12.4 Å². The standard InChI is InChI=1S/C24H20ClN3O3/c1-15-13-18(7-8-20(15)30-2)23-22(16-9-11-26-12-10-16)24(31-28-23)27-21(29)14-17-5-3-4-6-19(17)25/h3-13H,14H2,1-2H3,(H,27,29). The van der Waals surface area contributed by atoms with Gasteiger partial charge in [-0.25, -0.2) is 0 Å². The van der Waals surface area contributed by atoms with Gasteiger partial charge in [0.1, 0.15) is 11.4 Å². The Morgan fingerprint density at radius 3 is 2.58 bits per heavy atom. The second kappa shape index (κ2) is 9.02. The van der Waals surface area contributed by atoms with Crippen molar-refractivity contribution in [3.63, 3.8) is 0 Å². The molecular formula is C24H20ClN3O3. The van der Waals surface area contributed by atoms with Gasteiger partial charge in [-0.15, -0.1) is 0 Å². The van der Waals surface area contributed by atoms with E-state index in [1.165, 1.54) is 0 Å². The van der Waals surface area contributed by atoms with Crippen molar-refractivity contribution < 1.29 is 14.1 Å². The van der Waals surface area contributed by atoms with E-state index < -0.39 is 0 Å². The topological polar surface area (TPSA) is 77.3 Å². The molecule has 0 radical (unpaired) electrons. The van der Waals surface area contributed by atoms with Crippen LogP contribution in [0, 0.1) is 6.92 Å². The monoisotopic (exact) mass is 433 g/mol. The zero-order valence-corrected chi connectivity index (χ0v) is 17.8. The summed E-state index contributed by atoms with van der Waals surface area (Å²) in [6.45, 7) is 1.96. The second-order valence-corrected chi connectivity index (χ2v) is 7.38. The summed E-state index contributed by atoms with van der Waals surface area (Å²) < 4.78 is 10.9. The summed E-state index contributed by atoms with van der Waals surface area (Å²) in [6.07, 6.45) is 3.48. The molecular weight excluding hydrogens is 414 g/mol. The van der Waals surface area contributed by atoms with Gasteiger partial charge in [-0.3, -0.25) is 15.1 Å². The Labute approximate surface area is 184 Å². The Morgan fingerprint density at radius 2 is 1.87 bits per heavy atom. The summed E-state index contributed by atoms with van der Waals surface area (Å²) in [5, 5.41) is 7.64. The number of rotatable bonds is 6. The first-order valence-corrected chi connectivity index (χ1v) is 10.0. The number of pyridine rings is 1. The van der Waals surface area contributed by atoms with E-state index in [2.05, 4.69) is 15.5 Å². The van der Waals surface area contributed by atoms with E-state index in [4.69, 9.17) is 20.9 Å². The average molecular weight is 434 g/mol. The number of methoxy groups -OCH3 is 1. The maximum Gasteiger partial charge on any atom is 0.239 e. The van der Waals surface area contributed by atoms with Gasteiger partial charge < -0.3 is 9.26 Å². The molecule has 0 spiro atoms. The lowest BCUT2D eigenvalue weighted by molar-refractivity contribution is -0.115. The predicted octanol–water partition coefficient (Wildman–Crippen LogP) is 5.56. The Bertz CT molecular complexity index is 1220. The van der Waals surface area contributed by atoms with Crippen LogP contribution in [-0.2, 0) is 11.2 Å². The molecule has 156 valence electrons. The van der Waals surface area contributed by atoms with Crippen LogP contribution in [0.15, 0.2) is 71.5 Å². The van der Waals surface area contributed by atoms with Gasteiger partial charge >= 0.3 is 0 Å². The molecule has 2 heterocycles. The normalized spacial score (nSPS) is 10.7. The van der Waals surface area contributed by atoms with Crippen LogP contribution in [-0.4, -0.2) is 23.2 Å². The SMILES string of the molecule is COc1ccc(-c2noc(NC(=O)Cc3ccccc3Cl)c2-c2ccncc2)cc1C. The molecule has 0 fully saturated rings. The van der Waals surface area contributed by atoms with Gasteiger partial charge in [-0.2, -0.15) is 0 Å². The maximum absolute atomic E-state index is 12.7. The van der Waals surface area contributed by atoms with Crippen molar-refractivity contribution in [3.05, 3.63) is 83.1 Å². The zero-order chi connectivity index (χ0) is 21.8. The maximum atomic E-state index is 12.7. The highest BCUT2D eigenvalue weighted by Crippen LogP contribution is 2.38. The summed E-state index contributed by atoms with van der Waals surface area (Å²) >= 11 is 6.19. The minimum absolute atomic E-state index is 0.118. The Balaban J connectivity index is 1.71. The van der Waals surface area contributed by atoms with E-state index >= 15 is 0 Å². The molecule has 7 heteroatoms. The van der Waals surface area contributed by atoms with E-state index in [-0.39, 0.29) is 18.2 Å². The first-order valence-electron chi connectivity index (χ1n) is 9.65. The van der Waals surface area contributed by atoms with Crippen LogP contribution < -0.4 is 10.1 Å². The number of halogens is 1. The molecule has 0 saturated carbocycles. The van der Waals surface area contributed by atoms with E-state index in [0.29, 0.717) is 16.3 Å². The van der Waals surface area contributed by atoms with Gasteiger partial charge in [0.15, 0.2) is 0 Å². The fourth-order valence-corrected chi connectivity index (χ4v) is 3.57. The van der Waals surface area contributed by atoms with Crippen LogP contribution in [0.5, 0.6) is 5.75 Å². The summed E-state index contributed by atoms with van der Waals surface area (Å²) in [4.78, 5) is 16.8. The highest BCUT2D eigenvalue weighted by molar-refractivity contribution is 6.31. The molecule has 4 rings (SSSR count). The number of ether oxygens (including phenoxy) is 1. The number of hydrogen-bond donors (Lipinski definition) is 1. The average Bonchev–Trinajstić information content (AvgIpc) is 3.19. The fourth-order valence-electron chi connectivity index (χ4n) is 3.37. The van der Waals surface area contributed by atoms with Crippen LogP contribution in [0.2, 0.25) is 5.02 Å². The van der Waals surface area contributed by atoms with E-state index in [1.807, 2.05) is 55.5 Å². The van der Waals surface area contributed by atoms with Crippen LogP contribution >= 0.6 is 11.6 Å². The van der Waals surface area contributed by atoms with Crippen LogP contribution in [0.25, 0.3) is 22.4 Å².